The zero-order valence-electron chi connectivity index (χ0n) is 11.6. The summed E-state index contributed by atoms with van der Waals surface area (Å²) in [5, 5.41) is 0. The molecule has 20 heavy (non-hydrogen) atoms. The van der Waals surface area contributed by atoms with Gasteiger partial charge in [0.25, 0.3) is 0 Å². The molecule has 5 heteroatoms. The van der Waals surface area contributed by atoms with E-state index in [2.05, 4.69) is 0 Å². The Morgan fingerprint density at radius 2 is 2.15 bits per heavy atom. The number of nitrogens with zero attached hydrogens (tertiary/aromatic N) is 1. The van der Waals surface area contributed by atoms with Crippen molar-refractivity contribution in [1.29, 1.82) is 0 Å². The fourth-order valence-electron chi connectivity index (χ4n) is 1.99. The third-order valence-electron chi connectivity index (χ3n) is 2.96. The van der Waals surface area contributed by atoms with Crippen LogP contribution in [0.3, 0.4) is 0 Å². The minimum atomic E-state index is -0.404. The quantitative estimate of drug-likeness (QED) is 0.670. The Balaban J connectivity index is 2.23. The number of rotatable bonds is 5. The Morgan fingerprint density at radius 3 is 2.80 bits per heavy atom. The first-order chi connectivity index (χ1) is 9.63. The number of nitrogens with two attached hydrogens (primary N) is 1. The summed E-state index contributed by atoms with van der Waals surface area (Å²) in [7, 11) is 1.89. The fourth-order valence-corrected chi connectivity index (χ4v) is 1.99. The van der Waals surface area contributed by atoms with Crippen LogP contribution in [-0.2, 0) is 11.3 Å². The summed E-state index contributed by atoms with van der Waals surface area (Å²) >= 11 is 0. The van der Waals surface area contributed by atoms with Gasteiger partial charge in [0.05, 0.1) is 36.4 Å². The Bertz CT molecular complexity index is 579. The molecule has 5 nitrogen and oxygen atoms in total. The lowest BCUT2D eigenvalue weighted by Crippen LogP contribution is -2.19. The number of hydrogen-bond acceptors (Lipinski definition) is 5. The van der Waals surface area contributed by atoms with Crippen molar-refractivity contribution in [2.75, 3.05) is 24.3 Å². The predicted molar refractivity (Wildman–Crippen MR) is 77.6 cm³/mol. The van der Waals surface area contributed by atoms with E-state index in [1.54, 1.807) is 25.3 Å². The molecule has 0 aliphatic heterocycles. The second-order valence-corrected chi connectivity index (χ2v) is 4.39. The van der Waals surface area contributed by atoms with Crippen molar-refractivity contribution in [3.05, 3.63) is 47.9 Å². The summed E-state index contributed by atoms with van der Waals surface area (Å²) in [6.45, 7) is 2.66. The van der Waals surface area contributed by atoms with Crippen molar-refractivity contribution in [2.24, 2.45) is 0 Å². The van der Waals surface area contributed by atoms with Crippen LogP contribution < -0.4 is 10.6 Å². The predicted octanol–water partition coefficient (Wildman–Crippen LogP) is 2.67. The molecular weight excluding hydrogens is 256 g/mol. The summed E-state index contributed by atoms with van der Waals surface area (Å²) in [6, 6.07) is 9.04. The molecule has 0 bridgehead atoms. The van der Waals surface area contributed by atoms with Crippen LogP contribution in [0.1, 0.15) is 23.0 Å². The summed E-state index contributed by atoms with van der Waals surface area (Å²) in [5.74, 6) is 0.423. The van der Waals surface area contributed by atoms with Gasteiger partial charge < -0.3 is 19.8 Å². The molecule has 1 heterocycles. The van der Waals surface area contributed by atoms with E-state index in [1.165, 1.54) is 0 Å². The first-order valence-electron chi connectivity index (χ1n) is 6.42. The normalized spacial score (nSPS) is 10.3. The molecule has 0 amide bonds. The number of carbonyl (C=O) groups is 1. The van der Waals surface area contributed by atoms with Crippen molar-refractivity contribution in [3.63, 3.8) is 0 Å². The van der Waals surface area contributed by atoms with E-state index in [0.29, 0.717) is 24.4 Å². The maximum Gasteiger partial charge on any atom is 0.340 e. The van der Waals surface area contributed by atoms with Crippen LogP contribution in [0.25, 0.3) is 0 Å². The second kappa shape index (κ2) is 6.14. The molecule has 0 saturated carbocycles. The van der Waals surface area contributed by atoms with Crippen LogP contribution in [0.4, 0.5) is 11.4 Å². The van der Waals surface area contributed by atoms with Gasteiger partial charge in [-0.3, -0.25) is 0 Å². The summed E-state index contributed by atoms with van der Waals surface area (Å²) < 4.78 is 10.3. The van der Waals surface area contributed by atoms with Crippen LogP contribution in [0, 0.1) is 0 Å². The maximum absolute atomic E-state index is 11.8. The summed E-state index contributed by atoms with van der Waals surface area (Å²) in [5.41, 5.74) is 7.64. The molecule has 2 N–H and O–H groups in total. The molecule has 1 aromatic carbocycles. The highest BCUT2D eigenvalue weighted by molar-refractivity contribution is 5.98. The zero-order valence-corrected chi connectivity index (χ0v) is 11.6. The standard InChI is InChI=1S/C15H18N2O3/c1-3-19-15(18)12-7-4-8-13(14(12)16)17(2)10-11-6-5-9-20-11/h4-9H,3,10,16H2,1-2H3. The lowest BCUT2D eigenvalue weighted by atomic mass is 10.1. The fraction of sp³-hybridized carbons (Fsp3) is 0.267. The number of hydrogen-bond donors (Lipinski definition) is 1. The first-order valence-corrected chi connectivity index (χ1v) is 6.42. The smallest absolute Gasteiger partial charge is 0.340 e. The lowest BCUT2D eigenvalue weighted by molar-refractivity contribution is 0.0527. The number of esters is 1. The molecule has 2 rings (SSSR count). The summed E-state index contributed by atoms with van der Waals surface area (Å²) in [6.07, 6.45) is 1.63. The molecule has 0 aliphatic carbocycles. The molecule has 1 aromatic heterocycles. The van der Waals surface area contributed by atoms with Gasteiger partial charge in [-0.1, -0.05) is 6.07 Å². The van der Waals surface area contributed by atoms with Crippen molar-refractivity contribution in [3.8, 4) is 0 Å². The van der Waals surface area contributed by atoms with Gasteiger partial charge in [-0.15, -0.1) is 0 Å². The topological polar surface area (TPSA) is 68.7 Å². The van der Waals surface area contributed by atoms with E-state index in [9.17, 15) is 4.79 Å². The Morgan fingerprint density at radius 1 is 1.35 bits per heavy atom. The van der Waals surface area contributed by atoms with Gasteiger partial charge in [-0.05, 0) is 31.2 Å². The van der Waals surface area contributed by atoms with Crippen molar-refractivity contribution in [1.82, 2.24) is 0 Å². The van der Waals surface area contributed by atoms with Gasteiger partial charge in [0.15, 0.2) is 0 Å². The first kappa shape index (κ1) is 14.0. The monoisotopic (exact) mass is 274 g/mol. The van der Waals surface area contributed by atoms with Gasteiger partial charge >= 0.3 is 5.97 Å². The average molecular weight is 274 g/mol. The highest BCUT2D eigenvalue weighted by atomic mass is 16.5. The van der Waals surface area contributed by atoms with Gasteiger partial charge in [0, 0.05) is 7.05 Å². The molecule has 0 radical (unpaired) electrons. The van der Waals surface area contributed by atoms with Crippen LogP contribution >= 0.6 is 0 Å². The Hall–Kier alpha value is -2.43. The molecule has 106 valence electrons. The van der Waals surface area contributed by atoms with Crippen LogP contribution in [0.5, 0.6) is 0 Å². The van der Waals surface area contributed by atoms with Gasteiger partial charge in [0.1, 0.15) is 5.76 Å². The molecule has 0 aliphatic rings. The van der Waals surface area contributed by atoms with Crippen molar-refractivity contribution in [2.45, 2.75) is 13.5 Å². The lowest BCUT2D eigenvalue weighted by Gasteiger charge is -2.21. The molecule has 0 unspecified atom stereocenters. The Kier molecular flexibility index (Phi) is 4.30. The van der Waals surface area contributed by atoms with E-state index < -0.39 is 5.97 Å². The van der Waals surface area contributed by atoms with E-state index in [4.69, 9.17) is 14.9 Å². The molecular formula is C15H18N2O3. The van der Waals surface area contributed by atoms with Gasteiger partial charge in [-0.2, -0.15) is 0 Å². The van der Waals surface area contributed by atoms with Crippen molar-refractivity contribution >= 4 is 17.3 Å². The minimum absolute atomic E-state index is 0.324. The molecule has 0 fully saturated rings. The van der Waals surface area contributed by atoms with Crippen LogP contribution in [-0.4, -0.2) is 19.6 Å². The number of ether oxygens (including phenoxy) is 1. The largest absolute Gasteiger partial charge is 0.467 e. The second-order valence-electron chi connectivity index (χ2n) is 4.39. The molecule has 0 atom stereocenters. The average Bonchev–Trinajstić information content (AvgIpc) is 2.92. The van der Waals surface area contributed by atoms with Crippen molar-refractivity contribution < 1.29 is 13.9 Å². The highest BCUT2D eigenvalue weighted by Gasteiger charge is 2.16. The molecule has 0 saturated heterocycles. The zero-order chi connectivity index (χ0) is 14.5. The SMILES string of the molecule is CCOC(=O)c1cccc(N(C)Cc2ccco2)c1N. The van der Waals surface area contributed by atoms with E-state index in [1.807, 2.05) is 30.1 Å². The summed E-state index contributed by atoms with van der Waals surface area (Å²) in [4.78, 5) is 13.7. The number of carbonyl (C=O) groups excluding carboxylic acids is 1. The number of benzene rings is 1. The maximum atomic E-state index is 11.8. The Labute approximate surface area is 117 Å². The van der Waals surface area contributed by atoms with Crippen LogP contribution in [0.15, 0.2) is 41.0 Å². The molecule has 0 spiro atoms. The number of furan rings is 1. The van der Waals surface area contributed by atoms with E-state index >= 15 is 0 Å². The third kappa shape index (κ3) is 2.93. The van der Waals surface area contributed by atoms with Gasteiger partial charge in [0.2, 0.25) is 0 Å². The van der Waals surface area contributed by atoms with E-state index in [0.717, 1.165) is 11.4 Å². The van der Waals surface area contributed by atoms with Crippen LogP contribution in [0.2, 0.25) is 0 Å². The number of nitrogen functional groups attached to an aromatic ring is 1. The minimum Gasteiger partial charge on any atom is -0.467 e. The molecule has 2 aromatic rings. The van der Waals surface area contributed by atoms with E-state index in [-0.39, 0.29) is 0 Å². The highest BCUT2D eigenvalue weighted by Crippen LogP contribution is 2.27. The van der Waals surface area contributed by atoms with Gasteiger partial charge in [-0.25, -0.2) is 4.79 Å². The number of para-hydroxylation sites is 1. The number of anilines is 2. The third-order valence-corrected chi connectivity index (χ3v) is 2.96.